The third-order valence-electron chi connectivity index (χ3n) is 5.07. The summed E-state index contributed by atoms with van der Waals surface area (Å²) in [6.45, 7) is -3.71. The van der Waals surface area contributed by atoms with Gasteiger partial charge in [-0.25, -0.2) is 0 Å². The predicted octanol–water partition coefficient (Wildman–Crippen LogP) is 2.80. The van der Waals surface area contributed by atoms with Gasteiger partial charge in [-0.15, -0.1) is 0 Å². The van der Waals surface area contributed by atoms with Crippen LogP contribution < -0.4 is 19.7 Å². The van der Waals surface area contributed by atoms with Crippen molar-refractivity contribution < 1.29 is 42.3 Å². The van der Waals surface area contributed by atoms with Gasteiger partial charge < -0.3 is 24.4 Å². The molecule has 11 nitrogen and oxygen atoms in total. The number of nitrogens with one attached hydrogen (secondary N) is 1. The van der Waals surface area contributed by atoms with Crippen LogP contribution in [-0.4, -0.2) is 49.5 Å². The van der Waals surface area contributed by atoms with E-state index < -0.39 is 48.0 Å². The van der Waals surface area contributed by atoms with Gasteiger partial charge in [0.05, 0.1) is 23.7 Å². The number of ether oxygens (including phenoxy) is 3. The average molecular weight is 493 g/mol. The number of benzene rings is 2. The number of nitrogens with zero attached hydrogens (tertiary/aromatic N) is 2. The molecule has 13 heteroatoms. The summed E-state index contributed by atoms with van der Waals surface area (Å²) in [6.07, 6.45) is 1.25. The van der Waals surface area contributed by atoms with Crippen molar-refractivity contribution in [3.63, 3.8) is 0 Å². The van der Waals surface area contributed by atoms with Gasteiger partial charge in [0.1, 0.15) is 13.2 Å². The van der Waals surface area contributed by atoms with Crippen molar-refractivity contribution >= 4 is 29.2 Å². The Morgan fingerprint density at radius 1 is 1.20 bits per heavy atom. The van der Waals surface area contributed by atoms with Crippen LogP contribution in [0.15, 0.2) is 36.4 Å². The molecule has 3 rings (SSSR count). The number of rotatable bonds is 10. The molecule has 1 aliphatic rings. The van der Waals surface area contributed by atoms with Crippen LogP contribution in [0.25, 0.3) is 0 Å². The molecule has 0 spiro atoms. The fourth-order valence-electron chi connectivity index (χ4n) is 3.40. The van der Waals surface area contributed by atoms with Crippen molar-refractivity contribution in [2.24, 2.45) is 0 Å². The summed E-state index contributed by atoms with van der Waals surface area (Å²) >= 11 is 0. The SMILES string of the molecule is COc1cc(COC(=O)CNC(=O)c2ccc(N3CCCC3=O)cc2)c([N+](=O)[O-])cc1OC(F)F. The Morgan fingerprint density at radius 3 is 2.49 bits per heavy atom. The van der Waals surface area contributed by atoms with Crippen molar-refractivity contribution in [1.29, 1.82) is 0 Å². The highest BCUT2D eigenvalue weighted by molar-refractivity contribution is 5.98. The summed E-state index contributed by atoms with van der Waals surface area (Å²) in [7, 11) is 1.15. The van der Waals surface area contributed by atoms with Crippen molar-refractivity contribution in [2.75, 3.05) is 25.1 Å². The van der Waals surface area contributed by atoms with Gasteiger partial charge in [-0.05, 0) is 36.8 Å². The maximum atomic E-state index is 12.5. The molecule has 1 heterocycles. The number of nitro benzene ring substituents is 1. The Kier molecular flexibility index (Phi) is 8.12. The molecule has 0 radical (unpaired) electrons. The van der Waals surface area contributed by atoms with Crippen molar-refractivity contribution in [3.8, 4) is 11.5 Å². The Bertz CT molecular complexity index is 1120. The molecule has 1 aliphatic heterocycles. The van der Waals surface area contributed by atoms with E-state index in [-0.39, 0.29) is 22.8 Å². The van der Waals surface area contributed by atoms with Crippen LogP contribution in [0.3, 0.4) is 0 Å². The van der Waals surface area contributed by atoms with Gasteiger partial charge in [-0.1, -0.05) is 0 Å². The molecule has 2 amide bonds. The zero-order valence-corrected chi connectivity index (χ0v) is 18.5. The summed E-state index contributed by atoms with van der Waals surface area (Å²) in [4.78, 5) is 48.2. The zero-order chi connectivity index (χ0) is 25.5. The average Bonchev–Trinajstić information content (AvgIpc) is 3.26. The predicted molar refractivity (Wildman–Crippen MR) is 116 cm³/mol. The smallest absolute Gasteiger partial charge is 0.387 e. The fourth-order valence-corrected chi connectivity index (χ4v) is 3.40. The number of hydrogen-bond donors (Lipinski definition) is 1. The van der Waals surface area contributed by atoms with Gasteiger partial charge in [0.2, 0.25) is 5.91 Å². The molecule has 0 atom stereocenters. The number of esters is 1. The van der Waals surface area contributed by atoms with E-state index in [9.17, 15) is 33.3 Å². The van der Waals surface area contributed by atoms with E-state index in [1.165, 1.54) is 12.1 Å². The van der Waals surface area contributed by atoms with Gasteiger partial charge in [0.25, 0.3) is 11.6 Å². The van der Waals surface area contributed by atoms with Crippen LogP contribution in [0.5, 0.6) is 11.5 Å². The second-order valence-electron chi connectivity index (χ2n) is 7.31. The molecule has 1 N–H and O–H groups in total. The third kappa shape index (κ3) is 6.40. The van der Waals surface area contributed by atoms with Crippen LogP contribution in [0, 0.1) is 10.1 Å². The fraction of sp³-hybridized carbons (Fsp3) is 0.318. The number of halogens is 2. The molecule has 0 aliphatic carbocycles. The van der Waals surface area contributed by atoms with Crippen molar-refractivity contribution in [3.05, 3.63) is 57.6 Å². The molecule has 186 valence electrons. The van der Waals surface area contributed by atoms with Gasteiger partial charge in [0, 0.05) is 24.2 Å². The molecule has 1 saturated heterocycles. The summed E-state index contributed by atoms with van der Waals surface area (Å²) in [5, 5.41) is 13.7. The summed E-state index contributed by atoms with van der Waals surface area (Å²) in [6, 6.07) is 8.08. The van der Waals surface area contributed by atoms with Crippen LogP contribution >= 0.6 is 0 Å². The van der Waals surface area contributed by atoms with Crippen molar-refractivity contribution in [2.45, 2.75) is 26.1 Å². The minimum atomic E-state index is -3.23. The van der Waals surface area contributed by atoms with Crippen LogP contribution in [0.2, 0.25) is 0 Å². The minimum Gasteiger partial charge on any atom is -0.493 e. The van der Waals surface area contributed by atoms with Gasteiger partial charge in [0.15, 0.2) is 11.5 Å². The largest absolute Gasteiger partial charge is 0.493 e. The zero-order valence-electron chi connectivity index (χ0n) is 18.5. The maximum absolute atomic E-state index is 12.5. The van der Waals surface area contributed by atoms with Crippen LogP contribution in [-0.2, 0) is 20.9 Å². The van der Waals surface area contributed by atoms with Gasteiger partial charge in [-0.3, -0.25) is 24.5 Å². The normalized spacial score (nSPS) is 13.0. The standard InChI is InChI=1S/C22H21F2N3O8/c1-33-17-9-14(16(27(31)32)10-18(17)35-22(23)24)12-34-20(29)11-25-21(30)13-4-6-15(7-5-13)26-8-2-3-19(26)28/h4-7,9-10,22H,2-3,8,11-12H2,1H3,(H,25,30). The molecule has 0 bridgehead atoms. The van der Waals surface area contributed by atoms with E-state index >= 15 is 0 Å². The van der Waals surface area contributed by atoms with Crippen LogP contribution in [0.4, 0.5) is 20.2 Å². The van der Waals surface area contributed by atoms with E-state index in [2.05, 4.69) is 10.1 Å². The Morgan fingerprint density at radius 2 is 1.91 bits per heavy atom. The number of hydrogen-bond acceptors (Lipinski definition) is 8. The summed E-state index contributed by atoms with van der Waals surface area (Å²) in [5.41, 5.74) is 0.184. The van der Waals surface area contributed by atoms with Crippen LogP contribution in [0.1, 0.15) is 28.8 Å². The first-order valence-corrected chi connectivity index (χ1v) is 10.3. The lowest BCUT2D eigenvalue weighted by Crippen LogP contribution is -2.30. The summed E-state index contributed by atoms with van der Waals surface area (Å²) in [5.74, 6) is -2.20. The molecule has 2 aromatic rings. The number of nitro groups is 1. The molecule has 2 aromatic carbocycles. The minimum absolute atomic E-state index is 0.0130. The van der Waals surface area contributed by atoms with E-state index in [4.69, 9.17) is 9.47 Å². The second kappa shape index (κ2) is 11.2. The first-order valence-electron chi connectivity index (χ1n) is 10.3. The highest BCUT2D eigenvalue weighted by atomic mass is 19.3. The van der Waals surface area contributed by atoms with Gasteiger partial charge in [-0.2, -0.15) is 8.78 Å². The molecule has 35 heavy (non-hydrogen) atoms. The van der Waals surface area contributed by atoms with E-state index in [1.807, 2.05) is 0 Å². The third-order valence-corrected chi connectivity index (χ3v) is 5.07. The topological polar surface area (TPSA) is 137 Å². The molecule has 0 unspecified atom stereocenters. The number of anilines is 1. The Hall–Kier alpha value is -4.29. The van der Waals surface area contributed by atoms with Gasteiger partial charge >= 0.3 is 12.6 Å². The summed E-state index contributed by atoms with van der Waals surface area (Å²) < 4.78 is 39.2. The first kappa shape index (κ1) is 25.3. The lowest BCUT2D eigenvalue weighted by molar-refractivity contribution is -0.386. The number of carbonyl (C=O) groups is 3. The van der Waals surface area contributed by atoms with Crippen molar-refractivity contribution in [1.82, 2.24) is 5.32 Å². The molecule has 1 fully saturated rings. The highest BCUT2D eigenvalue weighted by Gasteiger charge is 2.23. The monoisotopic (exact) mass is 493 g/mol. The quantitative estimate of drug-likeness (QED) is 0.303. The molecule has 0 saturated carbocycles. The number of amides is 2. The van der Waals surface area contributed by atoms with E-state index in [0.717, 1.165) is 25.7 Å². The first-order chi connectivity index (χ1) is 16.7. The maximum Gasteiger partial charge on any atom is 0.387 e. The number of methoxy groups -OCH3 is 1. The number of alkyl halides is 2. The number of carbonyl (C=O) groups excluding carboxylic acids is 3. The molecule has 0 aromatic heterocycles. The lowest BCUT2D eigenvalue weighted by atomic mass is 10.1. The Labute approximate surface area is 197 Å². The van der Waals surface area contributed by atoms with E-state index in [1.54, 1.807) is 17.0 Å². The molecular weight excluding hydrogens is 472 g/mol. The van der Waals surface area contributed by atoms with E-state index in [0.29, 0.717) is 18.7 Å². The molecular formula is C22H21F2N3O8. The second-order valence-corrected chi connectivity index (χ2v) is 7.31. The highest BCUT2D eigenvalue weighted by Crippen LogP contribution is 2.36. The Balaban J connectivity index is 1.57. The lowest BCUT2D eigenvalue weighted by Gasteiger charge is -2.15.